The number of benzene rings is 1. The van der Waals surface area contributed by atoms with Gasteiger partial charge in [0.15, 0.2) is 0 Å². The lowest BCUT2D eigenvalue weighted by atomic mass is 9.75. The number of hydrogen-bond donors (Lipinski definition) is 2. The lowest BCUT2D eigenvalue weighted by molar-refractivity contribution is -0.192. The number of fused-ring (bicyclic) bond motifs is 2. The lowest BCUT2D eigenvalue weighted by Crippen LogP contribution is -2.49. The predicted molar refractivity (Wildman–Crippen MR) is 87.6 cm³/mol. The summed E-state index contributed by atoms with van der Waals surface area (Å²) in [6.07, 6.45) is 1.03. The minimum Gasteiger partial charge on any atom is -0.508 e. The highest BCUT2D eigenvalue weighted by Crippen LogP contribution is 2.38. The van der Waals surface area contributed by atoms with Crippen LogP contribution < -0.4 is 0 Å². The van der Waals surface area contributed by atoms with Gasteiger partial charge in [-0.05, 0) is 68.3 Å². The molecule has 25 heavy (non-hydrogen) atoms. The number of nitrogens with zero attached hydrogens (tertiary/aromatic N) is 1. The molecular weight excluding hydrogens is 335 g/mol. The van der Waals surface area contributed by atoms with Gasteiger partial charge in [-0.15, -0.1) is 0 Å². The summed E-state index contributed by atoms with van der Waals surface area (Å²) in [6, 6.07) is 6.74. The number of phenolic OH excluding ortho intramolecular Hbond substituents is 1. The normalized spacial score (nSPS) is 23.0. The van der Waals surface area contributed by atoms with Crippen LogP contribution in [0.4, 0.5) is 13.2 Å². The molecule has 0 aromatic heterocycles. The molecule has 1 saturated heterocycles. The smallest absolute Gasteiger partial charge is 0.490 e. The Hall–Kier alpha value is -1.76. The Morgan fingerprint density at radius 3 is 2.60 bits per heavy atom. The number of carboxylic acid groups (broad SMARTS) is 1. The van der Waals surface area contributed by atoms with Crippen molar-refractivity contribution in [2.45, 2.75) is 51.2 Å². The quantitative estimate of drug-likeness (QED) is 0.847. The SMILES string of the molecule is CCCN1CCC[C@@H]2Cc3c(O)cccc3C[C@H]21.O=C(O)C(F)(F)F. The number of carbonyl (C=O) groups is 1. The zero-order valence-corrected chi connectivity index (χ0v) is 14.2. The van der Waals surface area contributed by atoms with Crippen molar-refractivity contribution in [3.8, 4) is 5.75 Å². The zero-order chi connectivity index (χ0) is 18.6. The van der Waals surface area contributed by atoms with Gasteiger partial charge in [-0.2, -0.15) is 13.2 Å². The first kappa shape index (κ1) is 19.6. The van der Waals surface area contributed by atoms with Gasteiger partial charge in [0, 0.05) is 6.04 Å². The van der Waals surface area contributed by atoms with E-state index in [0.717, 1.165) is 18.8 Å². The number of aliphatic carboxylic acids is 1. The van der Waals surface area contributed by atoms with Gasteiger partial charge in [-0.1, -0.05) is 19.1 Å². The molecule has 1 heterocycles. The van der Waals surface area contributed by atoms with Crippen LogP contribution in [-0.2, 0) is 17.6 Å². The van der Waals surface area contributed by atoms with E-state index >= 15 is 0 Å². The number of piperidine rings is 1. The molecule has 0 saturated carbocycles. The van der Waals surface area contributed by atoms with E-state index in [4.69, 9.17) is 9.90 Å². The van der Waals surface area contributed by atoms with Crippen molar-refractivity contribution >= 4 is 5.97 Å². The van der Waals surface area contributed by atoms with E-state index in [1.807, 2.05) is 12.1 Å². The van der Waals surface area contributed by atoms with Crippen LogP contribution in [0.3, 0.4) is 0 Å². The monoisotopic (exact) mass is 359 g/mol. The van der Waals surface area contributed by atoms with Gasteiger partial charge in [-0.25, -0.2) is 4.79 Å². The van der Waals surface area contributed by atoms with Gasteiger partial charge < -0.3 is 10.2 Å². The molecule has 0 radical (unpaired) electrons. The van der Waals surface area contributed by atoms with E-state index in [2.05, 4.69) is 17.9 Å². The van der Waals surface area contributed by atoms with Crippen LogP contribution in [0, 0.1) is 5.92 Å². The van der Waals surface area contributed by atoms with E-state index in [-0.39, 0.29) is 0 Å². The number of phenols is 1. The minimum absolute atomic E-state index is 0.513. The molecule has 1 aliphatic carbocycles. The van der Waals surface area contributed by atoms with Crippen LogP contribution in [0.15, 0.2) is 18.2 Å². The summed E-state index contributed by atoms with van der Waals surface area (Å²) in [5, 5.41) is 17.1. The van der Waals surface area contributed by atoms with Crippen molar-refractivity contribution in [3.05, 3.63) is 29.3 Å². The molecule has 140 valence electrons. The van der Waals surface area contributed by atoms with Crippen molar-refractivity contribution in [1.29, 1.82) is 0 Å². The predicted octanol–water partition coefficient (Wildman–Crippen LogP) is 3.61. The van der Waals surface area contributed by atoms with Crippen LogP contribution >= 0.6 is 0 Å². The third-order valence-corrected chi connectivity index (χ3v) is 4.93. The first-order chi connectivity index (χ1) is 11.7. The molecular formula is C18H24F3NO3. The number of alkyl halides is 3. The minimum atomic E-state index is -5.08. The molecule has 0 amide bonds. The molecule has 2 atom stereocenters. The van der Waals surface area contributed by atoms with Gasteiger partial charge in [0.05, 0.1) is 0 Å². The Kier molecular flexibility index (Phi) is 6.32. The van der Waals surface area contributed by atoms with Crippen LogP contribution in [0.2, 0.25) is 0 Å². The van der Waals surface area contributed by atoms with E-state index in [1.54, 1.807) is 0 Å². The number of aromatic hydroxyl groups is 1. The Labute approximate surface area is 145 Å². The van der Waals surface area contributed by atoms with E-state index < -0.39 is 12.1 Å². The first-order valence-electron chi connectivity index (χ1n) is 8.58. The first-order valence-corrected chi connectivity index (χ1v) is 8.58. The number of rotatable bonds is 2. The highest BCUT2D eigenvalue weighted by atomic mass is 19.4. The molecule has 1 aliphatic heterocycles. The maximum absolute atomic E-state index is 10.6. The maximum atomic E-state index is 10.6. The van der Waals surface area contributed by atoms with E-state index in [0.29, 0.717) is 11.8 Å². The summed E-state index contributed by atoms with van der Waals surface area (Å²) in [5.74, 6) is -1.49. The largest absolute Gasteiger partial charge is 0.508 e. The molecule has 1 aromatic rings. The van der Waals surface area contributed by atoms with Gasteiger partial charge in [0.1, 0.15) is 5.75 Å². The number of carboxylic acids is 1. The van der Waals surface area contributed by atoms with Gasteiger partial charge >= 0.3 is 12.1 Å². The summed E-state index contributed by atoms with van der Waals surface area (Å²) in [5.41, 5.74) is 2.59. The molecule has 0 unspecified atom stereocenters. The average molecular weight is 359 g/mol. The second-order valence-corrected chi connectivity index (χ2v) is 6.63. The summed E-state index contributed by atoms with van der Waals surface area (Å²) in [6.45, 7) is 4.77. The fourth-order valence-electron chi connectivity index (χ4n) is 3.85. The maximum Gasteiger partial charge on any atom is 0.490 e. The molecule has 7 heteroatoms. The van der Waals surface area contributed by atoms with Crippen molar-refractivity contribution in [3.63, 3.8) is 0 Å². The van der Waals surface area contributed by atoms with Crippen molar-refractivity contribution < 1.29 is 28.2 Å². The number of hydrogen-bond acceptors (Lipinski definition) is 3. The summed E-state index contributed by atoms with van der Waals surface area (Å²) in [7, 11) is 0. The second kappa shape index (κ2) is 8.08. The third kappa shape index (κ3) is 4.87. The Bertz CT molecular complexity index is 602. The van der Waals surface area contributed by atoms with Crippen LogP contribution in [-0.4, -0.2) is 46.4 Å². The van der Waals surface area contributed by atoms with Crippen molar-refractivity contribution in [2.24, 2.45) is 5.92 Å². The highest BCUT2D eigenvalue weighted by molar-refractivity contribution is 5.73. The fraction of sp³-hybridized carbons (Fsp3) is 0.611. The second-order valence-electron chi connectivity index (χ2n) is 6.63. The Balaban J connectivity index is 0.000000277. The van der Waals surface area contributed by atoms with Crippen LogP contribution in [0.5, 0.6) is 5.75 Å². The molecule has 4 nitrogen and oxygen atoms in total. The standard InChI is InChI=1S/C16H23NO.C2HF3O2/c1-2-8-17-9-4-6-13-10-14-12(11-15(13)17)5-3-7-16(14)18;3-2(4,5)1(6)7/h3,5,7,13,15,18H,2,4,6,8-11H2,1H3;(H,6,7)/t13-,15-;/m1./s1. The zero-order valence-electron chi connectivity index (χ0n) is 14.2. The molecule has 1 aromatic carbocycles. The summed E-state index contributed by atoms with van der Waals surface area (Å²) >= 11 is 0. The van der Waals surface area contributed by atoms with Gasteiger partial charge in [0.2, 0.25) is 0 Å². The molecule has 2 aliphatic rings. The number of halogens is 3. The molecule has 2 N–H and O–H groups in total. The fourth-order valence-corrected chi connectivity index (χ4v) is 3.85. The van der Waals surface area contributed by atoms with Crippen LogP contribution in [0.1, 0.15) is 37.3 Å². The lowest BCUT2D eigenvalue weighted by Gasteiger charge is -2.44. The topological polar surface area (TPSA) is 60.8 Å². The summed E-state index contributed by atoms with van der Waals surface area (Å²) in [4.78, 5) is 11.6. The molecule has 0 spiro atoms. The van der Waals surface area contributed by atoms with Gasteiger partial charge in [0.25, 0.3) is 0 Å². The highest BCUT2D eigenvalue weighted by Gasteiger charge is 2.38. The number of likely N-dealkylation sites (tertiary alicyclic amines) is 1. The third-order valence-electron chi connectivity index (χ3n) is 4.93. The van der Waals surface area contributed by atoms with Crippen molar-refractivity contribution in [2.75, 3.05) is 13.1 Å². The molecule has 1 fully saturated rings. The van der Waals surface area contributed by atoms with E-state index in [1.165, 1.54) is 43.5 Å². The van der Waals surface area contributed by atoms with Crippen LogP contribution in [0.25, 0.3) is 0 Å². The Morgan fingerprint density at radius 2 is 2.00 bits per heavy atom. The molecule has 3 rings (SSSR count). The van der Waals surface area contributed by atoms with E-state index in [9.17, 15) is 18.3 Å². The van der Waals surface area contributed by atoms with Gasteiger partial charge in [-0.3, -0.25) is 4.90 Å². The molecule has 0 bridgehead atoms. The average Bonchev–Trinajstić information content (AvgIpc) is 2.54. The summed E-state index contributed by atoms with van der Waals surface area (Å²) < 4.78 is 31.7. The van der Waals surface area contributed by atoms with Crippen molar-refractivity contribution in [1.82, 2.24) is 4.90 Å². The Morgan fingerprint density at radius 1 is 1.32 bits per heavy atom.